The highest BCUT2D eigenvalue weighted by atomic mass is 16.5. The highest BCUT2D eigenvalue weighted by Crippen LogP contribution is 1.98. The molecule has 0 aromatic carbocycles. The lowest BCUT2D eigenvalue weighted by Gasteiger charge is -2.00. The zero-order chi connectivity index (χ0) is 5.82. The number of hydrogen-bond donors (Lipinski definition) is 1. The van der Waals surface area contributed by atoms with E-state index >= 15 is 0 Å². The van der Waals surface area contributed by atoms with Crippen molar-refractivity contribution in [3.63, 3.8) is 0 Å². The van der Waals surface area contributed by atoms with Gasteiger partial charge in [-0.3, -0.25) is 5.32 Å². The number of hydrogen-bond acceptors (Lipinski definition) is 2. The van der Waals surface area contributed by atoms with E-state index in [1.54, 1.807) is 0 Å². The summed E-state index contributed by atoms with van der Waals surface area (Å²) >= 11 is 0. The van der Waals surface area contributed by atoms with Crippen LogP contribution in [0.3, 0.4) is 0 Å². The van der Waals surface area contributed by atoms with Crippen molar-refractivity contribution < 1.29 is 4.74 Å². The van der Waals surface area contributed by atoms with Crippen molar-refractivity contribution in [1.29, 1.82) is 0 Å². The maximum Gasteiger partial charge on any atom is 0.0969 e. The Balaban J connectivity index is 2.14. The Morgan fingerprint density at radius 1 is 1.88 bits per heavy atom. The van der Waals surface area contributed by atoms with Crippen LogP contribution in [0.1, 0.15) is 6.42 Å². The van der Waals surface area contributed by atoms with Gasteiger partial charge in [0.2, 0.25) is 0 Å². The fraction of sp³-hybridized carbons (Fsp3) is 0.667. The third kappa shape index (κ3) is 1.32. The molecule has 2 heteroatoms. The minimum absolute atomic E-state index is 0.521. The zero-order valence-electron chi connectivity index (χ0n) is 4.89. The van der Waals surface area contributed by atoms with Crippen LogP contribution in [0, 0.1) is 0 Å². The zero-order valence-corrected chi connectivity index (χ0v) is 4.89. The minimum Gasteiger partial charge on any atom is -0.365 e. The molecule has 1 atom stereocenters. The van der Waals surface area contributed by atoms with Gasteiger partial charge in [0.25, 0.3) is 0 Å². The lowest BCUT2D eigenvalue weighted by Crippen LogP contribution is -2.22. The smallest absolute Gasteiger partial charge is 0.0969 e. The first kappa shape index (κ1) is 5.79. The van der Waals surface area contributed by atoms with Crippen LogP contribution < -0.4 is 5.32 Å². The quantitative estimate of drug-likeness (QED) is 0.527. The second kappa shape index (κ2) is 2.84. The molecule has 1 heterocycles. The normalized spacial score (nSPS) is 28.2. The Hall–Kier alpha value is -0.340. The summed E-state index contributed by atoms with van der Waals surface area (Å²) in [6.45, 7) is 5.17. The average molecular weight is 113 g/mol. The molecule has 8 heavy (non-hydrogen) atoms. The summed E-state index contributed by atoms with van der Waals surface area (Å²) < 4.78 is 5.05. The number of nitrogens with one attached hydrogen (secondary N) is 1. The molecule has 1 aliphatic rings. The van der Waals surface area contributed by atoms with E-state index < -0.39 is 0 Å². The predicted molar refractivity (Wildman–Crippen MR) is 32.6 cm³/mol. The lowest BCUT2D eigenvalue weighted by atomic mass is 10.2. The molecule has 1 saturated heterocycles. The van der Waals surface area contributed by atoms with Gasteiger partial charge in [0.15, 0.2) is 0 Å². The SMILES string of the molecule is C=CC[C@@H]1COCN1. The van der Waals surface area contributed by atoms with E-state index in [0.29, 0.717) is 12.8 Å². The van der Waals surface area contributed by atoms with E-state index in [9.17, 15) is 0 Å². The van der Waals surface area contributed by atoms with Gasteiger partial charge in [-0.25, -0.2) is 0 Å². The summed E-state index contributed by atoms with van der Waals surface area (Å²) in [5.41, 5.74) is 0. The lowest BCUT2D eigenvalue weighted by molar-refractivity contribution is 0.189. The molecule has 0 saturated carbocycles. The monoisotopic (exact) mass is 113 g/mol. The van der Waals surface area contributed by atoms with Gasteiger partial charge in [-0.15, -0.1) is 6.58 Å². The first-order valence-corrected chi connectivity index (χ1v) is 2.85. The molecule has 0 spiro atoms. The molecular formula is C6H11NO. The van der Waals surface area contributed by atoms with Gasteiger partial charge in [-0.05, 0) is 6.42 Å². The van der Waals surface area contributed by atoms with Crippen LogP contribution in [0.15, 0.2) is 12.7 Å². The average Bonchev–Trinajstić information content (AvgIpc) is 2.19. The van der Waals surface area contributed by atoms with Crippen molar-refractivity contribution in [2.24, 2.45) is 0 Å². The van der Waals surface area contributed by atoms with Gasteiger partial charge in [0, 0.05) is 6.04 Å². The molecule has 0 aromatic heterocycles. The molecule has 0 aromatic rings. The van der Waals surface area contributed by atoms with Crippen molar-refractivity contribution in [2.45, 2.75) is 12.5 Å². The first-order chi connectivity index (χ1) is 3.93. The Morgan fingerprint density at radius 2 is 2.75 bits per heavy atom. The van der Waals surface area contributed by atoms with Gasteiger partial charge in [0.1, 0.15) is 0 Å². The summed E-state index contributed by atoms with van der Waals surface area (Å²) in [5.74, 6) is 0. The third-order valence-corrected chi connectivity index (χ3v) is 1.24. The maximum atomic E-state index is 5.05. The van der Waals surface area contributed by atoms with E-state index in [4.69, 9.17) is 4.74 Å². The van der Waals surface area contributed by atoms with Crippen molar-refractivity contribution in [2.75, 3.05) is 13.3 Å². The van der Waals surface area contributed by atoms with Crippen LogP contribution >= 0.6 is 0 Å². The van der Waals surface area contributed by atoms with Crippen LogP contribution in [-0.4, -0.2) is 19.4 Å². The van der Waals surface area contributed by atoms with Crippen molar-refractivity contribution in [3.8, 4) is 0 Å². The van der Waals surface area contributed by atoms with Crippen LogP contribution in [0.25, 0.3) is 0 Å². The summed E-state index contributed by atoms with van der Waals surface area (Å²) in [6, 6.07) is 0.521. The van der Waals surface area contributed by atoms with Gasteiger partial charge >= 0.3 is 0 Å². The molecule has 1 N–H and O–H groups in total. The van der Waals surface area contributed by atoms with Crippen LogP contribution in [0.4, 0.5) is 0 Å². The molecular weight excluding hydrogens is 102 g/mol. The highest BCUT2D eigenvalue weighted by molar-refractivity contribution is 4.79. The highest BCUT2D eigenvalue weighted by Gasteiger charge is 2.10. The fourth-order valence-corrected chi connectivity index (χ4v) is 0.789. The summed E-state index contributed by atoms with van der Waals surface area (Å²) in [6.07, 6.45) is 2.92. The van der Waals surface area contributed by atoms with E-state index in [0.717, 1.165) is 13.0 Å². The second-order valence-electron chi connectivity index (χ2n) is 1.94. The largest absolute Gasteiger partial charge is 0.365 e. The first-order valence-electron chi connectivity index (χ1n) is 2.85. The summed E-state index contributed by atoms with van der Waals surface area (Å²) in [7, 11) is 0. The Kier molecular flexibility index (Phi) is 2.06. The third-order valence-electron chi connectivity index (χ3n) is 1.24. The van der Waals surface area contributed by atoms with Crippen molar-refractivity contribution in [3.05, 3.63) is 12.7 Å². The summed E-state index contributed by atoms with van der Waals surface area (Å²) in [5, 5.41) is 3.16. The second-order valence-corrected chi connectivity index (χ2v) is 1.94. The topological polar surface area (TPSA) is 21.3 Å². The Morgan fingerprint density at radius 3 is 3.25 bits per heavy atom. The van der Waals surface area contributed by atoms with Gasteiger partial charge in [-0.2, -0.15) is 0 Å². The van der Waals surface area contributed by atoms with Crippen LogP contribution in [0.2, 0.25) is 0 Å². The van der Waals surface area contributed by atoms with Gasteiger partial charge < -0.3 is 4.74 Å². The minimum atomic E-state index is 0.521. The number of ether oxygens (including phenoxy) is 1. The summed E-state index contributed by atoms with van der Waals surface area (Å²) in [4.78, 5) is 0. The standard InChI is InChI=1S/C6H11NO/c1-2-3-6-4-8-5-7-6/h2,6-7H,1,3-5H2/t6-/m1/s1. The molecule has 0 amide bonds. The molecule has 0 radical (unpaired) electrons. The van der Waals surface area contributed by atoms with Crippen molar-refractivity contribution in [1.82, 2.24) is 5.32 Å². The van der Waals surface area contributed by atoms with Crippen LogP contribution in [0.5, 0.6) is 0 Å². The molecule has 46 valence electrons. The van der Waals surface area contributed by atoms with E-state index in [2.05, 4.69) is 11.9 Å². The maximum absolute atomic E-state index is 5.05. The molecule has 0 bridgehead atoms. The Bertz CT molecular complexity index is 76.6. The Labute approximate surface area is 49.5 Å². The fourth-order valence-electron chi connectivity index (χ4n) is 0.789. The predicted octanol–water partition coefficient (Wildman–Crippen LogP) is 0.508. The van der Waals surface area contributed by atoms with Gasteiger partial charge in [-0.1, -0.05) is 6.08 Å². The van der Waals surface area contributed by atoms with E-state index in [-0.39, 0.29) is 0 Å². The van der Waals surface area contributed by atoms with E-state index in [1.165, 1.54) is 0 Å². The molecule has 2 nitrogen and oxygen atoms in total. The molecule has 1 fully saturated rings. The molecule has 1 aliphatic heterocycles. The van der Waals surface area contributed by atoms with Crippen molar-refractivity contribution >= 4 is 0 Å². The molecule has 1 rings (SSSR count). The molecule has 0 unspecified atom stereocenters. The van der Waals surface area contributed by atoms with E-state index in [1.807, 2.05) is 6.08 Å². The molecule has 0 aliphatic carbocycles. The number of rotatable bonds is 2. The van der Waals surface area contributed by atoms with Gasteiger partial charge in [0.05, 0.1) is 13.3 Å². The van der Waals surface area contributed by atoms with Crippen LogP contribution in [-0.2, 0) is 4.74 Å².